The van der Waals surface area contributed by atoms with E-state index in [-0.39, 0.29) is 16.1 Å². The van der Waals surface area contributed by atoms with Crippen molar-refractivity contribution >= 4 is 22.6 Å². The molecular formula is C13H9ClFN3O2. The molecule has 3 rings (SSSR count). The third kappa shape index (κ3) is 1.77. The Morgan fingerprint density at radius 1 is 1.20 bits per heavy atom. The van der Waals surface area contributed by atoms with Crippen molar-refractivity contribution in [2.45, 2.75) is 6.92 Å². The number of aromatic nitrogens is 3. The van der Waals surface area contributed by atoms with Gasteiger partial charge in [0.2, 0.25) is 5.43 Å². The number of halogens is 2. The average molecular weight is 294 g/mol. The lowest BCUT2D eigenvalue weighted by Gasteiger charge is -2.00. The van der Waals surface area contributed by atoms with Crippen molar-refractivity contribution in [1.29, 1.82) is 0 Å². The minimum atomic E-state index is -0.533. The van der Waals surface area contributed by atoms with Crippen molar-refractivity contribution in [2.24, 2.45) is 0 Å². The van der Waals surface area contributed by atoms with E-state index < -0.39 is 16.8 Å². The molecule has 0 atom stereocenters. The molecule has 102 valence electrons. The summed E-state index contributed by atoms with van der Waals surface area (Å²) >= 11 is 5.85. The first-order valence-electron chi connectivity index (χ1n) is 5.78. The molecule has 0 radical (unpaired) electrons. The molecular weight excluding hydrogens is 285 g/mol. The van der Waals surface area contributed by atoms with Gasteiger partial charge < -0.3 is 4.98 Å². The normalized spacial score (nSPS) is 11.2. The SMILES string of the molecule is Cc1[nH]c2[nH]n(-c3ccc(F)cc3)c(=O)c2c(=O)c1Cl. The summed E-state index contributed by atoms with van der Waals surface area (Å²) in [5.74, 6) is -0.409. The van der Waals surface area contributed by atoms with Gasteiger partial charge in [-0.3, -0.25) is 14.7 Å². The second kappa shape index (κ2) is 4.35. The van der Waals surface area contributed by atoms with Crippen molar-refractivity contribution in [3.8, 4) is 5.69 Å². The van der Waals surface area contributed by atoms with Gasteiger partial charge in [0.1, 0.15) is 21.9 Å². The lowest BCUT2D eigenvalue weighted by atomic mass is 10.3. The molecule has 5 nitrogen and oxygen atoms in total. The Hall–Kier alpha value is -2.34. The number of fused-ring (bicyclic) bond motifs is 1. The maximum Gasteiger partial charge on any atom is 0.284 e. The Bertz CT molecular complexity index is 922. The average Bonchev–Trinajstić information content (AvgIpc) is 2.74. The molecule has 2 N–H and O–H groups in total. The van der Waals surface area contributed by atoms with E-state index in [0.717, 1.165) is 4.68 Å². The van der Waals surface area contributed by atoms with Crippen molar-refractivity contribution < 1.29 is 4.39 Å². The van der Waals surface area contributed by atoms with E-state index in [1.807, 2.05) is 0 Å². The molecule has 0 saturated carbocycles. The van der Waals surface area contributed by atoms with Crippen LogP contribution in [0.3, 0.4) is 0 Å². The van der Waals surface area contributed by atoms with Gasteiger partial charge in [-0.15, -0.1) is 0 Å². The molecule has 0 aliphatic rings. The van der Waals surface area contributed by atoms with E-state index in [0.29, 0.717) is 11.4 Å². The molecule has 2 heterocycles. The summed E-state index contributed by atoms with van der Waals surface area (Å²) in [7, 11) is 0. The van der Waals surface area contributed by atoms with E-state index in [1.165, 1.54) is 24.3 Å². The summed E-state index contributed by atoms with van der Waals surface area (Å²) in [6.07, 6.45) is 0. The van der Waals surface area contributed by atoms with Gasteiger partial charge in [-0.1, -0.05) is 11.6 Å². The molecule has 0 bridgehead atoms. The fraction of sp³-hybridized carbons (Fsp3) is 0.0769. The molecule has 0 aliphatic heterocycles. The number of H-pyrrole nitrogens is 2. The van der Waals surface area contributed by atoms with E-state index >= 15 is 0 Å². The number of aromatic amines is 2. The molecule has 0 spiro atoms. The number of rotatable bonds is 1. The van der Waals surface area contributed by atoms with Gasteiger partial charge in [-0.25, -0.2) is 9.07 Å². The Morgan fingerprint density at radius 3 is 2.50 bits per heavy atom. The van der Waals surface area contributed by atoms with Gasteiger partial charge in [0, 0.05) is 5.69 Å². The number of benzene rings is 1. The van der Waals surface area contributed by atoms with E-state index in [4.69, 9.17) is 11.6 Å². The number of hydrogen-bond donors (Lipinski definition) is 2. The Morgan fingerprint density at radius 2 is 1.85 bits per heavy atom. The number of hydrogen-bond acceptors (Lipinski definition) is 2. The molecule has 0 saturated heterocycles. The van der Waals surface area contributed by atoms with Gasteiger partial charge in [-0.2, -0.15) is 0 Å². The van der Waals surface area contributed by atoms with Crippen molar-refractivity contribution in [1.82, 2.24) is 14.8 Å². The summed E-state index contributed by atoms with van der Waals surface area (Å²) in [4.78, 5) is 27.1. The minimum Gasteiger partial charge on any atom is -0.342 e. The first-order valence-corrected chi connectivity index (χ1v) is 6.16. The zero-order chi connectivity index (χ0) is 14.4. The standard InChI is InChI=1S/C13H9ClFN3O2/c1-6-10(14)11(19)9-12(16-6)17-18(13(9)20)8-4-2-7(15)3-5-8/h2-5H,1H3,(H2,16,17,19). The zero-order valence-electron chi connectivity index (χ0n) is 10.3. The third-order valence-corrected chi connectivity index (χ3v) is 3.50. The molecule has 20 heavy (non-hydrogen) atoms. The molecule has 0 amide bonds. The van der Waals surface area contributed by atoms with Crippen LogP contribution in [-0.4, -0.2) is 14.8 Å². The van der Waals surface area contributed by atoms with Gasteiger partial charge in [0.15, 0.2) is 0 Å². The van der Waals surface area contributed by atoms with Crippen molar-refractivity contribution in [3.05, 3.63) is 61.4 Å². The van der Waals surface area contributed by atoms with Crippen LogP contribution in [0.15, 0.2) is 33.9 Å². The summed E-state index contributed by atoms with van der Waals surface area (Å²) < 4.78 is 14.1. The molecule has 0 aliphatic carbocycles. The fourth-order valence-corrected chi connectivity index (χ4v) is 2.17. The summed E-state index contributed by atoms with van der Waals surface area (Å²) in [5.41, 5.74) is 0.117. The van der Waals surface area contributed by atoms with Crippen LogP contribution in [0.2, 0.25) is 5.02 Å². The highest BCUT2D eigenvalue weighted by Gasteiger charge is 2.15. The number of nitrogens with one attached hydrogen (secondary N) is 2. The maximum absolute atomic E-state index is 12.9. The van der Waals surface area contributed by atoms with Crippen LogP contribution in [0.25, 0.3) is 16.7 Å². The van der Waals surface area contributed by atoms with Crippen molar-refractivity contribution in [3.63, 3.8) is 0 Å². The highest BCUT2D eigenvalue weighted by atomic mass is 35.5. The van der Waals surface area contributed by atoms with Gasteiger partial charge >= 0.3 is 0 Å². The quantitative estimate of drug-likeness (QED) is 0.721. The smallest absolute Gasteiger partial charge is 0.284 e. The summed E-state index contributed by atoms with van der Waals surface area (Å²) in [5, 5.41) is 2.71. The molecule has 1 aromatic carbocycles. The van der Waals surface area contributed by atoms with Crippen LogP contribution >= 0.6 is 11.6 Å². The minimum absolute atomic E-state index is 0.0140. The van der Waals surface area contributed by atoms with Crippen LogP contribution in [0.1, 0.15) is 5.69 Å². The fourth-order valence-electron chi connectivity index (χ4n) is 2.03. The second-order valence-corrected chi connectivity index (χ2v) is 4.75. The molecule has 0 unspecified atom stereocenters. The first-order chi connectivity index (χ1) is 9.49. The lowest BCUT2D eigenvalue weighted by Crippen LogP contribution is -2.18. The third-order valence-electron chi connectivity index (χ3n) is 3.04. The summed E-state index contributed by atoms with van der Waals surface area (Å²) in [6, 6.07) is 5.33. The number of aryl methyl sites for hydroxylation is 1. The predicted octanol–water partition coefficient (Wildman–Crippen LogP) is 2.11. The Balaban J connectivity index is 2.37. The lowest BCUT2D eigenvalue weighted by molar-refractivity contribution is 0.627. The van der Waals surface area contributed by atoms with Crippen LogP contribution in [0.4, 0.5) is 4.39 Å². The van der Waals surface area contributed by atoms with Gasteiger partial charge in [0.05, 0.1) is 5.69 Å². The van der Waals surface area contributed by atoms with E-state index in [9.17, 15) is 14.0 Å². The molecule has 7 heteroatoms. The van der Waals surface area contributed by atoms with Crippen LogP contribution in [-0.2, 0) is 0 Å². The first kappa shape index (κ1) is 12.7. The predicted molar refractivity (Wildman–Crippen MR) is 74.2 cm³/mol. The van der Waals surface area contributed by atoms with E-state index in [1.54, 1.807) is 6.92 Å². The van der Waals surface area contributed by atoms with Crippen LogP contribution < -0.4 is 11.0 Å². The highest BCUT2D eigenvalue weighted by Crippen LogP contribution is 2.13. The maximum atomic E-state index is 12.9. The van der Waals surface area contributed by atoms with Gasteiger partial charge in [0.25, 0.3) is 5.56 Å². The zero-order valence-corrected chi connectivity index (χ0v) is 11.1. The number of nitrogens with zero attached hydrogens (tertiary/aromatic N) is 1. The van der Waals surface area contributed by atoms with Gasteiger partial charge in [-0.05, 0) is 31.2 Å². The van der Waals surface area contributed by atoms with Crippen LogP contribution in [0.5, 0.6) is 0 Å². The second-order valence-electron chi connectivity index (χ2n) is 4.37. The molecule has 2 aromatic heterocycles. The Kier molecular flexibility index (Phi) is 2.76. The van der Waals surface area contributed by atoms with E-state index in [2.05, 4.69) is 10.1 Å². The Labute approximate surface area is 116 Å². The number of pyridine rings is 1. The highest BCUT2D eigenvalue weighted by molar-refractivity contribution is 6.31. The topological polar surface area (TPSA) is 70.7 Å². The molecule has 0 fully saturated rings. The van der Waals surface area contributed by atoms with Crippen LogP contribution in [0, 0.1) is 12.7 Å². The largest absolute Gasteiger partial charge is 0.342 e. The molecule has 3 aromatic rings. The summed E-state index contributed by atoms with van der Waals surface area (Å²) in [6.45, 7) is 1.64. The monoisotopic (exact) mass is 293 g/mol. The van der Waals surface area contributed by atoms with Crippen molar-refractivity contribution in [2.75, 3.05) is 0 Å².